The lowest BCUT2D eigenvalue weighted by atomic mass is 10.2. The van der Waals surface area contributed by atoms with Gasteiger partial charge in [-0.2, -0.15) is 0 Å². The van der Waals surface area contributed by atoms with E-state index in [9.17, 15) is 0 Å². The third kappa shape index (κ3) is 2.41. The predicted molar refractivity (Wildman–Crippen MR) is 59.9 cm³/mol. The Morgan fingerprint density at radius 3 is 2.62 bits per heavy atom. The molecule has 4 heteroatoms. The Bertz CT molecular complexity index is 448. The van der Waals surface area contributed by atoms with E-state index in [-0.39, 0.29) is 0 Å². The normalized spacial score (nSPS) is 10.4. The van der Waals surface area contributed by atoms with E-state index < -0.39 is 0 Å². The fourth-order valence-electron chi connectivity index (χ4n) is 1.34. The van der Waals surface area contributed by atoms with E-state index in [0.717, 1.165) is 22.8 Å². The molecule has 1 aromatic heterocycles. The highest BCUT2D eigenvalue weighted by molar-refractivity contribution is 5.27. The van der Waals surface area contributed by atoms with Crippen LogP contribution in [-0.2, 0) is 13.2 Å². The average Bonchev–Trinajstić information content (AvgIpc) is 2.73. The topological polar surface area (TPSA) is 61.3 Å². The van der Waals surface area contributed by atoms with Crippen molar-refractivity contribution in [3.63, 3.8) is 0 Å². The number of rotatable bonds is 4. The first-order chi connectivity index (χ1) is 7.79. The van der Waals surface area contributed by atoms with Gasteiger partial charge in [0.15, 0.2) is 6.39 Å². The van der Waals surface area contributed by atoms with Gasteiger partial charge in [-0.15, -0.1) is 0 Å². The summed E-state index contributed by atoms with van der Waals surface area (Å²) >= 11 is 0. The summed E-state index contributed by atoms with van der Waals surface area (Å²) in [7, 11) is 0. The van der Waals surface area contributed by atoms with Crippen molar-refractivity contribution in [1.29, 1.82) is 0 Å². The van der Waals surface area contributed by atoms with Crippen LogP contribution < -0.4 is 10.5 Å². The molecule has 0 saturated heterocycles. The highest BCUT2D eigenvalue weighted by atomic mass is 16.5. The van der Waals surface area contributed by atoms with E-state index in [1.807, 2.05) is 31.2 Å². The molecule has 84 valence electrons. The van der Waals surface area contributed by atoms with Crippen molar-refractivity contribution in [2.24, 2.45) is 5.73 Å². The van der Waals surface area contributed by atoms with Gasteiger partial charge in [-0.3, -0.25) is 0 Å². The van der Waals surface area contributed by atoms with Crippen LogP contribution >= 0.6 is 0 Å². The Hall–Kier alpha value is -1.81. The molecule has 1 aromatic carbocycles. The van der Waals surface area contributed by atoms with Crippen LogP contribution in [0.5, 0.6) is 5.75 Å². The van der Waals surface area contributed by atoms with Gasteiger partial charge >= 0.3 is 0 Å². The molecule has 0 fully saturated rings. The fourth-order valence-corrected chi connectivity index (χ4v) is 1.34. The lowest BCUT2D eigenvalue weighted by molar-refractivity contribution is 0.299. The molecule has 0 saturated carbocycles. The summed E-state index contributed by atoms with van der Waals surface area (Å²) in [6, 6.07) is 7.70. The lowest BCUT2D eigenvalue weighted by Crippen LogP contribution is -1.99. The van der Waals surface area contributed by atoms with Crippen LogP contribution in [0.2, 0.25) is 0 Å². The van der Waals surface area contributed by atoms with Crippen molar-refractivity contribution in [2.75, 3.05) is 0 Å². The van der Waals surface area contributed by atoms with Gasteiger partial charge in [0.1, 0.15) is 23.8 Å². The molecule has 0 aliphatic rings. The van der Waals surface area contributed by atoms with Gasteiger partial charge in [-0.25, -0.2) is 4.98 Å². The standard InChI is InChI=1S/C12H14N2O2/c1-9-12(14-8-16-9)7-15-11-4-2-10(6-13)3-5-11/h2-5,8H,6-7,13H2,1H3. The van der Waals surface area contributed by atoms with Gasteiger partial charge in [-0.05, 0) is 24.6 Å². The highest BCUT2D eigenvalue weighted by Gasteiger charge is 2.03. The quantitative estimate of drug-likeness (QED) is 0.852. The Morgan fingerprint density at radius 1 is 1.31 bits per heavy atom. The average molecular weight is 218 g/mol. The van der Waals surface area contributed by atoms with Gasteiger partial charge in [-0.1, -0.05) is 12.1 Å². The van der Waals surface area contributed by atoms with Crippen LogP contribution in [0.25, 0.3) is 0 Å². The minimum atomic E-state index is 0.421. The Labute approximate surface area is 94.1 Å². The van der Waals surface area contributed by atoms with Crippen LogP contribution in [0.15, 0.2) is 35.1 Å². The second kappa shape index (κ2) is 4.81. The van der Waals surface area contributed by atoms with Gasteiger partial charge in [0.05, 0.1) is 0 Å². The molecular weight excluding hydrogens is 204 g/mol. The van der Waals surface area contributed by atoms with Crippen LogP contribution in [0.3, 0.4) is 0 Å². The Balaban J connectivity index is 1.97. The van der Waals surface area contributed by atoms with E-state index in [0.29, 0.717) is 13.2 Å². The van der Waals surface area contributed by atoms with Crippen LogP contribution in [0.1, 0.15) is 17.0 Å². The molecule has 0 aliphatic heterocycles. The number of benzene rings is 1. The zero-order chi connectivity index (χ0) is 11.4. The molecule has 1 heterocycles. The fraction of sp³-hybridized carbons (Fsp3) is 0.250. The molecule has 2 rings (SSSR count). The second-order valence-corrected chi connectivity index (χ2v) is 3.49. The van der Waals surface area contributed by atoms with Gasteiger partial charge in [0.2, 0.25) is 0 Å². The van der Waals surface area contributed by atoms with Crippen molar-refractivity contribution in [3.05, 3.63) is 47.7 Å². The monoisotopic (exact) mass is 218 g/mol. The number of aryl methyl sites for hydroxylation is 1. The first-order valence-electron chi connectivity index (χ1n) is 5.10. The van der Waals surface area contributed by atoms with Crippen molar-refractivity contribution in [3.8, 4) is 5.75 Å². The molecule has 16 heavy (non-hydrogen) atoms. The molecule has 0 aliphatic carbocycles. The maximum atomic E-state index is 5.57. The number of aromatic nitrogens is 1. The minimum Gasteiger partial charge on any atom is -0.487 e. The van der Waals surface area contributed by atoms with Gasteiger partial charge in [0.25, 0.3) is 0 Å². The van der Waals surface area contributed by atoms with E-state index in [1.165, 1.54) is 6.39 Å². The molecule has 2 N–H and O–H groups in total. The molecule has 0 radical (unpaired) electrons. The third-order valence-electron chi connectivity index (χ3n) is 2.38. The number of oxazole rings is 1. The summed E-state index contributed by atoms with van der Waals surface area (Å²) < 4.78 is 10.6. The van der Waals surface area contributed by atoms with Crippen LogP contribution in [-0.4, -0.2) is 4.98 Å². The highest BCUT2D eigenvalue weighted by Crippen LogP contribution is 2.14. The van der Waals surface area contributed by atoms with Crippen molar-refractivity contribution in [2.45, 2.75) is 20.1 Å². The number of hydrogen-bond donors (Lipinski definition) is 1. The molecule has 0 unspecified atom stereocenters. The molecule has 4 nitrogen and oxygen atoms in total. The Kier molecular flexibility index (Phi) is 3.22. The van der Waals surface area contributed by atoms with E-state index >= 15 is 0 Å². The first kappa shape index (κ1) is 10.7. The zero-order valence-corrected chi connectivity index (χ0v) is 9.14. The Morgan fingerprint density at radius 2 is 2.06 bits per heavy atom. The van der Waals surface area contributed by atoms with E-state index in [4.69, 9.17) is 14.9 Å². The zero-order valence-electron chi connectivity index (χ0n) is 9.14. The molecule has 0 bridgehead atoms. The molecule has 0 spiro atoms. The smallest absolute Gasteiger partial charge is 0.181 e. The summed E-state index contributed by atoms with van der Waals surface area (Å²) in [5, 5.41) is 0. The maximum Gasteiger partial charge on any atom is 0.181 e. The first-order valence-corrected chi connectivity index (χ1v) is 5.10. The third-order valence-corrected chi connectivity index (χ3v) is 2.38. The van der Waals surface area contributed by atoms with Crippen LogP contribution in [0, 0.1) is 6.92 Å². The summed E-state index contributed by atoms with van der Waals surface area (Å²) in [6.07, 6.45) is 1.42. The largest absolute Gasteiger partial charge is 0.487 e. The number of hydrogen-bond acceptors (Lipinski definition) is 4. The van der Waals surface area contributed by atoms with Gasteiger partial charge < -0.3 is 14.9 Å². The molecule has 0 atom stereocenters. The van der Waals surface area contributed by atoms with Crippen LogP contribution in [0.4, 0.5) is 0 Å². The molecule has 0 amide bonds. The van der Waals surface area contributed by atoms with E-state index in [2.05, 4.69) is 4.98 Å². The molecular formula is C12H14N2O2. The minimum absolute atomic E-state index is 0.421. The predicted octanol–water partition coefficient (Wildman–Crippen LogP) is 2.02. The molecule has 2 aromatic rings. The van der Waals surface area contributed by atoms with Gasteiger partial charge in [0, 0.05) is 6.54 Å². The van der Waals surface area contributed by atoms with E-state index in [1.54, 1.807) is 0 Å². The maximum absolute atomic E-state index is 5.57. The number of nitrogens with two attached hydrogens (primary N) is 1. The summed E-state index contributed by atoms with van der Waals surface area (Å²) in [4.78, 5) is 4.05. The second-order valence-electron chi connectivity index (χ2n) is 3.49. The SMILES string of the molecule is Cc1ocnc1COc1ccc(CN)cc1. The van der Waals surface area contributed by atoms with Crippen molar-refractivity contribution < 1.29 is 9.15 Å². The summed E-state index contributed by atoms with van der Waals surface area (Å²) in [5.41, 5.74) is 7.42. The number of nitrogens with zero attached hydrogens (tertiary/aromatic N) is 1. The summed E-state index contributed by atoms with van der Waals surface area (Å²) in [6.45, 7) is 2.83. The van der Waals surface area contributed by atoms with Crippen molar-refractivity contribution >= 4 is 0 Å². The lowest BCUT2D eigenvalue weighted by Gasteiger charge is -2.05. The van der Waals surface area contributed by atoms with Crippen molar-refractivity contribution in [1.82, 2.24) is 4.98 Å². The number of ether oxygens (including phenoxy) is 1. The summed E-state index contributed by atoms with van der Waals surface area (Å²) in [5.74, 6) is 1.60.